The van der Waals surface area contributed by atoms with Gasteiger partial charge < -0.3 is 9.47 Å². The topological polar surface area (TPSA) is 67.2 Å². The number of hydrogen-bond acceptors (Lipinski definition) is 3. The number of nitrogens with zero attached hydrogens (tertiary/aromatic N) is 3. The molecule has 0 saturated carbocycles. The fraction of sp³-hybridized carbons (Fsp3) is 0.250. The molecule has 21 heavy (non-hydrogen) atoms. The Bertz CT molecular complexity index is 597. The van der Waals surface area contributed by atoms with Crippen molar-refractivity contribution in [1.82, 2.24) is 0 Å². The average Bonchev–Trinajstić information content (AvgIpc) is 2.55. The molecule has 108 valence electrons. The molecule has 5 nitrogen and oxygen atoms in total. The van der Waals surface area contributed by atoms with Crippen LogP contribution in [0, 0.1) is 0 Å². The molecule has 2 rings (SSSR count). The molecule has 0 fully saturated rings. The van der Waals surface area contributed by atoms with Crippen molar-refractivity contribution < 1.29 is 9.47 Å². The number of methoxy groups -OCH3 is 2. The predicted octanol–water partition coefficient (Wildman–Crippen LogP) is 4.28. The summed E-state index contributed by atoms with van der Waals surface area (Å²) in [6.07, 6.45) is 0. The summed E-state index contributed by atoms with van der Waals surface area (Å²) in [4.78, 5) is 3.01. The van der Waals surface area contributed by atoms with Crippen LogP contribution in [-0.2, 0) is 5.54 Å². The SMILES string of the molecule is COc1ccc(C(C)(N=[N+]=[N-])c2ccc(OC)cc2)cc1. The lowest BCUT2D eigenvalue weighted by atomic mass is 9.85. The molecular weight excluding hydrogens is 266 g/mol. The van der Waals surface area contributed by atoms with E-state index in [-0.39, 0.29) is 0 Å². The van der Waals surface area contributed by atoms with E-state index in [0.717, 1.165) is 22.6 Å². The van der Waals surface area contributed by atoms with E-state index in [1.54, 1.807) is 14.2 Å². The summed E-state index contributed by atoms with van der Waals surface area (Å²) in [5.74, 6) is 1.52. The van der Waals surface area contributed by atoms with Gasteiger partial charge in [0.1, 0.15) is 11.5 Å². The first-order valence-electron chi connectivity index (χ1n) is 6.49. The van der Waals surface area contributed by atoms with E-state index in [9.17, 15) is 0 Å². The van der Waals surface area contributed by atoms with Crippen LogP contribution in [0.2, 0.25) is 0 Å². The molecular formula is C16H17N3O2. The van der Waals surface area contributed by atoms with Gasteiger partial charge in [0.2, 0.25) is 0 Å². The smallest absolute Gasteiger partial charge is 0.118 e. The van der Waals surface area contributed by atoms with Gasteiger partial charge in [-0.05, 0) is 47.8 Å². The highest BCUT2D eigenvalue weighted by Gasteiger charge is 2.27. The van der Waals surface area contributed by atoms with Gasteiger partial charge in [-0.25, -0.2) is 0 Å². The molecule has 0 saturated heterocycles. The molecule has 2 aromatic carbocycles. The largest absolute Gasteiger partial charge is 0.497 e. The van der Waals surface area contributed by atoms with Gasteiger partial charge in [-0.3, -0.25) is 0 Å². The number of benzene rings is 2. The summed E-state index contributed by atoms with van der Waals surface area (Å²) in [6.45, 7) is 1.89. The normalized spacial score (nSPS) is 10.6. The van der Waals surface area contributed by atoms with Gasteiger partial charge in [0, 0.05) is 4.91 Å². The zero-order valence-electron chi connectivity index (χ0n) is 12.3. The van der Waals surface area contributed by atoms with E-state index in [0.29, 0.717) is 0 Å². The molecule has 0 aliphatic heterocycles. The molecule has 0 unspecified atom stereocenters. The minimum Gasteiger partial charge on any atom is -0.497 e. The van der Waals surface area contributed by atoms with Crippen LogP contribution in [0.3, 0.4) is 0 Å². The molecule has 0 bridgehead atoms. The fourth-order valence-electron chi connectivity index (χ4n) is 2.20. The second-order valence-corrected chi connectivity index (χ2v) is 4.72. The van der Waals surface area contributed by atoms with Crippen LogP contribution in [-0.4, -0.2) is 14.2 Å². The Kier molecular flexibility index (Phi) is 4.36. The molecule has 2 aromatic rings. The molecule has 5 heteroatoms. The third kappa shape index (κ3) is 2.93. The summed E-state index contributed by atoms with van der Waals surface area (Å²) in [5, 5.41) is 4.01. The molecule has 0 heterocycles. The molecule has 0 aliphatic rings. The number of azide groups is 1. The quantitative estimate of drug-likeness (QED) is 0.467. The van der Waals surface area contributed by atoms with Crippen molar-refractivity contribution in [3.05, 3.63) is 70.1 Å². The molecule has 0 aliphatic carbocycles. The van der Waals surface area contributed by atoms with Crippen molar-refractivity contribution in [2.75, 3.05) is 14.2 Å². The molecule has 0 atom stereocenters. The average molecular weight is 283 g/mol. The van der Waals surface area contributed by atoms with Gasteiger partial charge in [-0.2, -0.15) is 0 Å². The molecule has 0 spiro atoms. The van der Waals surface area contributed by atoms with E-state index < -0.39 is 5.54 Å². The van der Waals surface area contributed by atoms with Gasteiger partial charge in [-0.1, -0.05) is 29.4 Å². The monoisotopic (exact) mass is 283 g/mol. The van der Waals surface area contributed by atoms with E-state index >= 15 is 0 Å². The van der Waals surface area contributed by atoms with Crippen LogP contribution < -0.4 is 9.47 Å². The first-order chi connectivity index (χ1) is 10.1. The van der Waals surface area contributed by atoms with Gasteiger partial charge in [-0.15, -0.1) is 0 Å². The third-order valence-electron chi connectivity index (χ3n) is 3.55. The standard InChI is InChI=1S/C16H17N3O2/c1-16(18-19-17,12-4-8-14(20-2)9-5-12)13-6-10-15(21-3)11-7-13/h4-11H,1-3H3. The maximum atomic E-state index is 8.93. The summed E-state index contributed by atoms with van der Waals surface area (Å²) >= 11 is 0. The van der Waals surface area contributed by atoms with Gasteiger partial charge in [0.25, 0.3) is 0 Å². The Morgan fingerprint density at radius 1 is 0.857 bits per heavy atom. The minimum atomic E-state index is -0.784. The van der Waals surface area contributed by atoms with Crippen LogP contribution in [0.4, 0.5) is 0 Å². The Hall–Kier alpha value is -2.65. The van der Waals surface area contributed by atoms with Crippen molar-refractivity contribution in [1.29, 1.82) is 0 Å². The zero-order valence-corrected chi connectivity index (χ0v) is 12.3. The summed E-state index contributed by atoms with van der Waals surface area (Å²) in [5.41, 5.74) is 9.94. The second kappa shape index (κ2) is 6.20. The maximum absolute atomic E-state index is 8.93. The van der Waals surface area contributed by atoms with Crippen molar-refractivity contribution in [3.63, 3.8) is 0 Å². The van der Waals surface area contributed by atoms with Gasteiger partial charge in [0.05, 0.1) is 19.8 Å². The van der Waals surface area contributed by atoms with Crippen molar-refractivity contribution >= 4 is 0 Å². The predicted molar refractivity (Wildman–Crippen MR) is 81.6 cm³/mol. The first-order valence-corrected chi connectivity index (χ1v) is 6.49. The maximum Gasteiger partial charge on any atom is 0.118 e. The van der Waals surface area contributed by atoms with E-state index in [1.807, 2.05) is 55.5 Å². The minimum absolute atomic E-state index is 0.761. The zero-order chi connectivity index (χ0) is 15.3. The van der Waals surface area contributed by atoms with Crippen LogP contribution in [0.1, 0.15) is 18.1 Å². The summed E-state index contributed by atoms with van der Waals surface area (Å²) in [6, 6.07) is 15.0. The molecule has 0 aromatic heterocycles. The molecule has 0 N–H and O–H groups in total. The Balaban J connectivity index is 2.49. The van der Waals surface area contributed by atoms with Crippen LogP contribution in [0.15, 0.2) is 53.6 Å². The number of ether oxygens (including phenoxy) is 2. The highest BCUT2D eigenvalue weighted by molar-refractivity contribution is 5.42. The van der Waals surface area contributed by atoms with Gasteiger partial charge in [0.15, 0.2) is 0 Å². The van der Waals surface area contributed by atoms with Crippen LogP contribution in [0.5, 0.6) is 11.5 Å². The number of rotatable bonds is 5. The lowest BCUT2D eigenvalue weighted by Crippen LogP contribution is -2.20. The highest BCUT2D eigenvalue weighted by Crippen LogP contribution is 2.35. The van der Waals surface area contributed by atoms with Crippen LogP contribution >= 0.6 is 0 Å². The highest BCUT2D eigenvalue weighted by atomic mass is 16.5. The summed E-state index contributed by atoms with van der Waals surface area (Å²) < 4.78 is 10.3. The molecule has 0 amide bonds. The van der Waals surface area contributed by atoms with Crippen molar-refractivity contribution in [3.8, 4) is 11.5 Å². The van der Waals surface area contributed by atoms with E-state index in [4.69, 9.17) is 15.0 Å². The Labute approximate surface area is 123 Å². The van der Waals surface area contributed by atoms with Crippen molar-refractivity contribution in [2.24, 2.45) is 5.11 Å². The van der Waals surface area contributed by atoms with Crippen LogP contribution in [0.25, 0.3) is 10.4 Å². The molecule has 0 radical (unpaired) electrons. The third-order valence-corrected chi connectivity index (χ3v) is 3.55. The van der Waals surface area contributed by atoms with Gasteiger partial charge >= 0.3 is 0 Å². The lowest BCUT2D eigenvalue weighted by Gasteiger charge is -2.25. The lowest BCUT2D eigenvalue weighted by molar-refractivity contribution is 0.413. The summed E-state index contributed by atoms with van der Waals surface area (Å²) in [7, 11) is 3.23. The Morgan fingerprint density at radius 2 is 1.24 bits per heavy atom. The Morgan fingerprint density at radius 3 is 1.52 bits per heavy atom. The fourth-order valence-corrected chi connectivity index (χ4v) is 2.20. The van der Waals surface area contributed by atoms with E-state index in [1.165, 1.54) is 0 Å². The first kappa shape index (κ1) is 14.8. The van der Waals surface area contributed by atoms with E-state index in [2.05, 4.69) is 10.0 Å². The number of hydrogen-bond donors (Lipinski definition) is 0. The van der Waals surface area contributed by atoms with Crippen molar-refractivity contribution in [2.45, 2.75) is 12.5 Å². The second-order valence-electron chi connectivity index (χ2n) is 4.72.